The van der Waals surface area contributed by atoms with Crippen LogP contribution in [0.3, 0.4) is 0 Å². The summed E-state index contributed by atoms with van der Waals surface area (Å²) in [7, 11) is 1.90. The Balaban J connectivity index is 0. The van der Waals surface area contributed by atoms with E-state index in [1.807, 2.05) is 53.1 Å². The molecule has 0 atom stereocenters. The zero-order valence-electron chi connectivity index (χ0n) is 11.6. The van der Waals surface area contributed by atoms with Crippen molar-refractivity contribution in [3.8, 4) is 0 Å². The lowest BCUT2D eigenvalue weighted by atomic mass is 10.0. The highest BCUT2D eigenvalue weighted by Gasteiger charge is 2.00. The summed E-state index contributed by atoms with van der Waals surface area (Å²) in [6.45, 7) is 13.9. The smallest absolute Gasteiger partial charge is 0.169 e. The molecule has 1 rings (SSSR count). The molecule has 0 heterocycles. The van der Waals surface area contributed by atoms with Crippen LogP contribution < -0.4 is 4.99 Å². The molecule has 0 saturated heterocycles. The van der Waals surface area contributed by atoms with Crippen molar-refractivity contribution >= 4 is 12.3 Å². The highest BCUT2D eigenvalue weighted by Crippen LogP contribution is 2.11. The Hall–Kier alpha value is -1.37. The van der Waals surface area contributed by atoms with Gasteiger partial charge in [0.15, 0.2) is 6.21 Å². The average molecular weight is 220 g/mol. The van der Waals surface area contributed by atoms with Gasteiger partial charge in [0.25, 0.3) is 0 Å². The summed E-state index contributed by atoms with van der Waals surface area (Å²) >= 11 is 0. The third-order valence-electron chi connectivity index (χ3n) is 1.87. The van der Waals surface area contributed by atoms with Crippen LogP contribution in [0.4, 0.5) is 0 Å². The molecule has 1 aromatic carbocycles. The van der Waals surface area contributed by atoms with Crippen LogP contribution in [0.2, 0.25) is 0 Å². The molecule has 0 radical (unpaired) electrons. The standard InChI is InChI=1S/C11H13N.2C2H6/c1-4-10-7-5-6-9(2)11(10)8-12-3;2*1-2/h4-8H,1H2,2-3H3;2*1-2H3/p+1. The van der Waals surface area contributed by atoms with Gasteiger partial charge in [0.1, 0.15) is 7.05 Å². The van der Waals surface area contributed by atoms with Crippen molar-refractivity contribution in [2.75, 3.05) is 7.05 Å². The fourth-order valence-electron chi connectivity index (χ4n) is 1.22. The molecule has 1 heteroatoms. The van der Waals surface area contributed by atoms with E-state index in [9.17, 15) is 0 Å². The maximum absolute atomic E-state index is 3.77. The molecule has 90 valence electrons. The van der Waals surface area contributed by atoms with Gasteiger partial charge in [-0.2, -0.15) is 0 Å². The molecule has 0 aliphatic carbocycles. The molecular formula is C15H26N+. The summed E-state index contributed by atoms with van der Waals surface area (Å²) in [6.07, 6.45) is 3.86. The predicted molar refractivity (Wildman–Crippen MR) is 76.0 cm³/mol. The van der Waals surface area contributed by atoms with Crippen molar-refractivity contribution in [1.82, 2.24) is 0 Å². The Bertz CT molecular complexity index is 311. The van der Waals surface area contributed by atoms with Crippen molar-refractivity contribution in [3.63, 3.8) is 0 Å². The van der Waals surface area contributed by atoms with E-state index in [1.54, 1.807) is 0 Å². The minimum absolute atomic E-state index is 1.17. The number of hydrogen-bond acceptors (Lipinski definition) is 0. The Labute approximate surface area is 101 Å². The van der Waals surface area contributed by atoms with Crippen molar-refractivity contribution in [1.29, 1.82) is 0 Å². The van der Waals surface area contributed by atoms with Crippen LogP contribution in [-0.2, 0) is 0 Å². The normalized spacial score (nSPS) is 8.62. The summed E-state index contributed by atoms with van der Waals surface area (Å²) in [5.74, 6) is 0. The second-order valence-electron chi connectivity index (χ2n) is 2.71. The summed E-state index contributed by atoms with van der Waals surface area (Å²) < 4.78 is 0. The third kappa shape index (κ3) is 5.50. The molecule has 1 aromatic rings. The van der Waals surface area contributed by atoms with Crippen molar-refractivity contribution in [2.45, 2.75) is 34.6 Å². The molecule has 0 spiro atoms. The topological polar surface area (TPSA) is 14.0 Å². The zero-order valence-corrected chi connectivity index (χ0v) is 11.6. The Kier molecular flexibility index (Phi) is 12.5. The van der Waals surface area contributed by atoms with E-state index in [4.69, 9.17) is 0 Å². The predicted octanol–water partition coefficient (Wildman–Crippen LogP) is 2.82. The second-order valence-corrected chi connectivity index (χ2v) is 2.71. The van der Waals surface area contributed by atoms with Gasteiger partial charge in [0.2, 0.25) is 0 Å². The lowest BCUT2D eigenvalue weighted by molar-refractivity contribution is -0.413. The van der Waals surface area contributed by atoms with Crippen LogP contribution in [0.25, 0.3) is 6.08 Å². The van der Waals surface area contributed by atoms with E-state index in [0.717, 1.165) is 0 Å². The average Bonchev–Trinajstić information content (AvgIpc) is 2.37. The molecule has 1 nitrogen and oxygen atoms in total. The maximum atomic E-state index is 3.77. The molecule has 16 heavy (non-hydrogen) atoms. The lowest BCUT2D eigenvalue weighted by Gasteiger charge is -2.00. The molecule has 0 amide bonds. The van der Waals surface area contributed by atoms with Gasteiger partial charge in [-0.05, 0) is 18.1 Å². The van der Waals surface area contributed by atoms with E-state index in [1.165, 1.54) is 16.7 Å². The Morgan fingerprint density at radius 2 is 1.69 bits per heavy atom. The first kappa shape index (κ1) is 17.0. The largest absolute Gasteiger partial charge is 0.250 e. The van der Waals surface area contributed by atoms with Crippen LogP contribution in [0, 0.1) is 6.92 Å². The maximum Gasteiger partial charge on any atom is 0.169 e. The van der Waals surface area contributed by atoms with Crippen LogP contribution >= 0.6 is 0 Å². The number of benzene rings is 1. The van der Waals surface area contributed by atoms with Crippen LogP contribution in [-0.4, -0.2) is 13.3 Å². The molecule has 1 N–H and O–H groups in total. The van der Waals surface area contributed by atoms with Crippen molar-refractivity contribution in [2.24, 2.45) is 0 Å². The third-order valence-corrected chi connectivity index (χ3v) is 1.87. The summed E-state index contributed by atoms with van der Waals surface area (Å²) in [5.41, 5.74) is 3.65. The highest BCUT2D eigenvalue weighted by atomic mass is 14.6. The first-order valence-corrected chi connectivity index (χ1v) is 6.02. The van der Waals surface area contributed by atoms with Crippen LogP contribution in [0.5, 0.6) is 0 Å². The van der Waals surface area contributed by atoms with Gasteiger partial charge in [-0.1, -0.05) is 58.5 Å². The van der Waals surface area contributed by atoms with E-state index in [2.05, 4.69) is 30.6 Å². The van der Waals surface area contributed by atoms with Crippen molar-refractivity contribution in [3.05, 3.63) is 41.5 Å². The highest BCUT2D eigenvalue weighted by molar-refractivity contribution is 5.83. The van der Waals surface area contributed by atoms with E-state index in [-0.39, 0.29) is 0 Å². The lowest BCUT2D eigenvalue weighted by Crippen LogP contribution is -2.63. The van der Waals surface area contributed by atoms with Gasteiger partial charge >= 0.3 is 0 Å². The van der Waals surface area contributed by atoms with Gasteiger partial charge in [-0.15, -0.1) is 0 Å². The summed E-state index contributed by atoms with van der Waals surface area (Å²) in [5, 5.41) is 0. The SMILES string of the molecule is C=Cc1cccc(C)c1C=[NH+]C.CC.CC. The molecule has 0 fully saturated rings. The van der Waals surface area contributed by atoms with Gasteiger partial charge in [-0.25, -0.2) is 0 Å². The van der Waals surface area contributed by atoms with E-state index >= 15 is 0 Å². The van der Waals surface area contributed by atoms with Crippen molar-refractivity contribution < 1.29 is 4.99 Å². The molecule has 0 aliphatic heterocycles. The first-order chi connectivity index (χ1) is 7.79. The van der Waals surface area contributed by atoms with Crippen LogP contribution in [0.1, 0.15) is 44.4 Å². The molecule has 0 bridgehead atoms. The minimum atomic E-state index is 1.17. The molecule has 0 saturated carbocycles. The summed E-state index contributed by atoms with van der Waals surface area (Å²) in [6, 6.07) is 6.19. The fraction of sp³-hybridized carbons (Fsp3) is 0.400. The molecule has 0 unspecified atom stereocenters. The number of hydrogen-bond donors (Lipinski definition) is 1. The first-order valence-electron chi connectivity index (χ1n) is 6.02. The monoisotopic (exact) mass is 220 g/mol. The Morgan fingerprint density at radius 1 is 1.12 bits per heavy atom. The van der Waals surface area contributed by atoms with Gasteiger partial charge in [-0.3, -0.25) is 4.99 Å². The minimum Gasteiger partial charge on any atom is -0.250 e. The number of rotatable bonds is 2. The molecule has 0 aliphatic rings. The molecular weight excluding hydrogens is 194 g/mol. The van der Waals surface area contributed by atoms with Gasteiger partial charge in [0.05, 0.1) is 0 Å². The number of nitrogens with one attached hydrogen (secondary N) is 1. The molecule has 0 aromatic heterocycles. The van der Waals surface area contributed by atoms with Crippen LogP contribution in [0.15, 0.2) is 24.8 Å². The second kappa shape index (κ2) is 11.7. The number of aryl methyl sites for hydroxylation is 1. The Morgan fingerprint density at radius 3 is 2.12 bits per heavy atom. The quantitative estimate of drug-likeness (QED) is 0.737. The fourth-order valence-corrected chi connectivity index (χ4v) is 1.22. The van der Waals surface area contributed by atoms with E-state index < -0.39 is 0 Å². The summed E-state index contributed by atoms with van der Waals surface area (Å²) in [4.78, 5) is 3.03. The zero-order chi connectivity index (χ0) is 13.0. The van der Waals surface area contributed by atoms with Gasteiger partial charge < -0.3 is 0 Å². The van der Waals surface area contributed by atoms with Gasteiger partial charge in [0, 0.05) is 5.56 Å². The van der Waals surface area contributed by atoms with E-state index in [0.29, 0.717) is 0 Å².